The maximum Gasteiger partial charge on any atom is 0.302 e. The SMILES string of the molecule is CC(=O)OCCN1C(=O)C(C#N)=C(C)/C(=C/c2cn(-c3ccccc3)nc2-c2ccccc2)C1=O. The van der Waals surface area contributed by atoms with Crippen LogP contribution in [-0.2, 0) is 19.1 Å². The van der Waals surface area contributed by atoms with Crippen LogP contribution < -0.4 is 0 Å². The zero-order valence-electron chi connectivity index (χ0n) is 19.3. The van der Waals surface area contributed by atoms with Crippen LogP contribution in [0.4, 0.5) is 0 Å². The van der Waals surface area contributed by atoms with Crippen molar-refractivity contribution in [3.8, 4) is 23.0 Å². The van der Waals surface area contributed by atoms with Crippen molar-refractivity contribution >= 4 is 23.9 Å². The maximum absolute atomic E-state index is 13.3. The smallest absolute Gasteiger partial charge is 0.302 e. The largest absolute Gasteiger partial charge is 0.464 e. The summed E-state index contributed by atoms with van der Waals surface area (Å²) >= 11 is 0. The summed E-state index contributed by atoms with van der Waals surface area (Å²) in [6, 6.07) is 21.0. The van der Waals surface area contributed by atoms with E-state index in [1.54, 1.807) is 23.9 Å². The number of para-hydroxylation sites is 1. The lowest BCUT2D eigenvalue weighted by atomic mass is 9.93. The molecule has 0 fully saturated rings. The van der Waals surface area contributed by atoms with Crippen LogP contribution in [0, 0.1) is 11.3 Å². The first-order valence-corrected chi connectivity index (χ1v) is 10.9. The molecular formula is C27H22N4O4. The quantitative estimate of drug-likeness (QED) is 0.312. The minimum absolute atomic E-state index is 0.129. The van der Waals surface area contributed by atoms with E-state index in [1.807, 2.05) is 66.7 Å². The number of amides is 2. The lowest BCUT2D eigenvalue weighted by Crippen LogP contribution is -2.44. The van der Waals surface area contributed by atoms with Crippen LogP contribution in [0.5, 0.6) is 0 Å². The summed E-state index contributed by atoms with van der Waals surface area (Å²) in [5.74, 6) is -1.79. The Bertz CT molecular complexity index is 1400. The number of aromatic nitrogens is 2. The number of carbonyl (C=O) groups is 3. The van der Waals surface area contributed by atoms with Crippen molar-refractivity contribution in [2.45, 2.75) is 13.8 Å². The topological polar surface area (TPSA) is 105 Å². The van der Waals surface area contributed by atoms with Gasteiger partial charge in [-0.3, -0.25) is 19.3 Å². The summed E-state index contributed by atoms with van der Waals surface area (Å²) in [6.07, 6.45) is 3.45. The van der Waals surface area contributed by atoms with Gasteiger partial charge in [0.1, 0.15) is 18.2 Å². The van der Waals surface area contributed by atoms with Gasteiger partial charge in [-0.15, -0.1) is 0 Å². The predicted molar refractivity (Wildman–Crippen MR) is 129 cm³/mol. The van der Waals surface area contributed by atoms with E-state index in [-0.39, 0.29) is 29.9 Å². The van der Waals surface area contributed by atoms with Gasteiger partial charge >= 0.3 is 5.97 Å². The van der Waals surface area contributed by atoms with E-state index < -0.39 is 17.8 Å². The number of carbonyl (C=O) groups excluding carboxylic acids is 3. The van der Waals surface area contributed by atoms with Crippen LogP contribution >= 0.6 is 0 Å². The van der Waals surface area contributed by atoms with Crippen LogP contribution in [0.15, 0.2) is 83.6 Å². The van der Waals surface area contributed by atoms with E-state index in [2.05, 4.69) is 0 Å². The molecule has 0 N–H and O–H groups in total. The molecule has 35 heavy (non-hydrogen) atoms. The van der Waals surface area contributed by atoms with E-state index in [0.717, 1.165) is 16.2 Å². The van der Waals surface area contributed by atoms with Gasteiger partial charge in [-0.2, -0.15) is 10.4 Å². The van der Waals surface area contributed by atoms with Gasteiger partial charge in [-0.1, -0.05) is 48.5 Å². The predicted octanol–water partition coefficient (Wildman–Crippen LogP) is 3.69. The van der Waals surface area contributed by atoms with Gasteiger partial charge in [0.05, 0.1) is 17.9 Å². The van der Waals surface area contributed by atoms with Crippen molar-refractivity contribution in [1.82, 2.24) is 14.7 Å². The van der Waals surface area contributed by atoms with E-state index in [1.165, 1.54) is 6.92 Å². The second-order valence-corrected chi connectivity index (χ2v) is 7.85. The fourth-order valence-corrected chi connectivity index (χ4v) is 3.80. The molecule has 174 valence electrons. The van der Waals surface area contributed by atoms with Crippen molar-refractivity contribution in [2.75, 3.05) is 13.2 Å². The highest BCUT2D eigenvalue weighted by atomic mass is 16.5. The van der Waals surface area contributed by atoms with Crippen LogP contribution in [0.2, 0.25) is 0 Å². The number of ether oxygens (including phenoxy) is 1. The molecular weight excluding hydrogens is 444 g/mol. The third-order valence-electron chi connectivity index (χ3n) is 5.56. The van der Waals surface area contributed by atoms with Crippen molar-refractivity contribution < 1.29 is 19.1 Å². The monoisotopic (exact) mass is 466 g/mol. The first kappa shape index (κ1) is 23.4. The zero-order valence-corrected chi connectivity index (χ0v) is 19.3. The Hall–Kier alpha value is -4.77. The molecule has 0 saturated carbocycles. The van der Waals surface area contributed by atoms with Crippen LogP contribution in [0.3, 0.4) is 0 Å². The van der Waals surface area contributed by atoms with Gasteiger partial charge in [0, 0.05) is 29.8 Å². The minimum atomic E-state index is -0.706. The molecule has 0 bridgehead atoms. The normalized spacial score (nSPS) is 14.9. The second-order valence-electron chi connectivity index (χ2n) is 7.85. The highest BCUT2D eigenvalue weighted by Crippen LogP contribution is 2.31. The number of nitrogens with zero attached hydrogens (tertiary/aromatic N) is 4. The molecule has 1 aliphatic rings. The number of imide groups is 1. The number of hydrogen-bond donors (Lipinski definition) is 0. The van der Waals surface area contributed by atoms with Gasteiger partial charge < -0.3 is 4.74 Å². The summed E-state index contributed by atoms with van der Waals surface area (Å²) in [7, 11) is 0. The van der Waals surface area contributed by atoms with Crippen molar-refractivity contribution in [1.29, 1.82) is 5.26 Å². The number of benzene rings is 2. The fraction of sp³-hybridized carbons (Fsp3) is 0.148. The molecule has 0 atom stereocenters. The highest BCUT2D eigenvalue weighted by molar-refractivity contribution is 6.19. The first-order valence-electron chi connectivity index (χ1n) is 10.9. The van der Waals surface area contributed by atoms with Gasteiger partial charge in [0.15, 0.2) is 0 Å². The van der Waals surface area contributed by atoms with Gasteiger partial charge in [0.25, 0.3) is 11.8 Å². The lowest BCUT2D eigenvalue weighted by Gasteiger charge is -2.27. The Morgan fingerprint density at radius 2 is 1.71 bits per heavy atom. The number of nitriles is 1. The first-order chi connectivity index (χ1) is 16.9. The average molecular weight is 466 g/mol. The van der Waals surface area contributed by atoms with Gasteiger partial charge in [-0.05, 0) is 30.7 Å². The molecule has 2 aromatic carbocycles. The minimum Gasteiger partial charge on any atom is -0.464 e. The Morgan fingerprint density at radius 1 is 1.06 bits per heavy atom. The molecule has 0 unspecified atom stereocenters. The van der Waals surface area contributed by atoms with E-state index in [4.69, 9.17) is 9.84 Å². The molecule has 8 heteroatoms. The molecule has 2 heterocycles. The molecule has 8 nitrogen and oxygen atoms in total. The molecule has 1 aliphatic heterocycles. The molecule has 4 rings (SSSR count). The third-order valence-corrected chi connectivity index (χ3v) is 5.56. The van der Waals surface area contributed by atoms with Crippen LogP contribution in [0.1, 0.15) is 19.4 Å². The zero-order chi connectivity index (χ0) is 24.9. The summed E-state index contributed by atoms with van der Waals surface area (Å²) < 4.78 is 6.62. The van der Waals surface area contributed by atoms with Crippen molar-refractivity contribution in [3.63, 3.8) is 0 Å². The van der Waals surface area contributed by atoms with Gasteiger partial charge in [0.2, 0.25) is 0 Å². The Morgan fingerprint density at radius 3 is 2.34 bits per heavy atom. The summed E-state index contributed by atoms with van der Waals surface area (Å²) in [6.45, 7) is 2.51. The standard InChI is InChI=1S/C27H22N4O4/c1-18-23(26(33)30(13-14-35-19(2)32)27(34)24(18)16-28)15-21-17-31(22-11-7-4-8-12-22)29-25(21)20-9-5-3-6-10-20/h3-12,15,17H,13-14H2,1-2H3/b23-15-. The third kappa shape index (κ3) is 4.80. The molecule has 0 aliphatic carbocycles. The number of rotatable bonds is 6. The maximum atomic E-state index is 13.3. The fourth-order valence-electron chi connectivity index (χ4n) is 3.80. The number of hydrogen-bond acceptors (Lipinski definition) is 6. The Kier molecular flexibility index (Phi) is 6.69. The molecule has 1 aromatic heterocycles. The van der Waals surface area contributed by atoms with Crippen LogP contribution in [-0.4, -0.2) is 45.6 Å². The van der Waals surface area contributed by atoms with E-state index in [0.29, 0.717) is 11.3 Å². The van der Waals surface area contributed by atoms with Crippen molar-refractivity contribution in [2.24, 2.45) is 0 Å². The lowest BCUT2D eigenvalue weighted by molar-refractivity contribution is -0.147. The highest BCUT2D eigenvalue weighted by Gasteiger charge is 2.35. The summed E-state index contributed by atoms with van der Waals surface area (Å²) in [4.78, 5) is 38.2. The molecule has 0 spiro atoms. The second kappa shape index (κ2) is 10.0. The Balaban J connectivity index is 1.83. The molecule has 0 radical (unpaired) electrons. The Labute approximate surface area is 202 Å². The molecule has 2 amide bonds. The molecule has 3 aromatic rings. The van der Waals surface area contributed by atoms with Crippen LogP contribution in [0.25, 0.3) is 23.0 Å². The number of esters is 1. The van der Waals surface area contributed by atoms with E-state index in [9.17, 15) is 19.6 Å². The molecule has 0 saturated heterocycles. The summed E-state index contributed by atoms with van der Waals surface area (Å²) in [5.41, 5.74) is 3.34. The van der Waals surface area contributed by atoms with Crippen molar-refractivity contribution in [3.05, 3.63) is 89.1 Å². The summed E-state index contributed by atoms with van der Waals surface area (Å²) in [5, 5.41) is 14.4. The van der Waals surface area contributed by atoms with E-state index >= 15 is 0 Å². The van der Waals surface area contributed by atoms with Gasteiger partial charge in [-0.25, -0.2) is 4.68 Å². The average Bonchev–Trinajstić information content (AvgIpc) is 3.29.